The van der Waals surface area contributed by atoms with Crippen molar-refractivity contribution < 1.29 is 4.74 Å². The highest BCUT2D eigenvalue weighted by Crippen LogP contribution is 2.44. The van der Waals surface area contributed by atoms with Crippen LogP contribution in [0.2, 0.25) is 0 Å². The van der Waals surface area contributed by atoms with Crippen LogP contribution in [0, 0.1) is 25.7 Å². The van der Waals surface area contributed by atoms with Crippen molar-refractivity contribution in [3.63, 3.8) is 0 Å². The Bertz CT molecular complexity index is 1040. The second-order valence-electron chi connectivity index (χ2n) is 8.31. The summed E-state index contributed by atoms with van der Waals surface area (Å²) in [5.41, 5.74) is 6.30. The number of hydrogen-bond acceptors (Lipinski definition) is 5. The van der Waals surface area contributed by atoms with Gasteiger partial charge in [0.1, 0.15) is 17.6 Å². The Labute approximate surface area is 185 Å². The van der Waals surface area contributed by atoms with Crippen LogP contribution in [0.15, 0.2) is 43.1 Å². The number of nitrogens with zero attached hydrogens (tertiary/aromatic N) is 4. The minimum absolute atomic E-state index is 0. The Hall–Kier alpha value is -2.89. The Morgan fingerprint density at radius 2 is 2.06 bits per heavy atom. The summed E-state index contributed by atoms with van der Waals surface area (Å²) in [6.45, 7) is 12.8. The van der Waals surface area contributed by atoms with Crippen molar-refractivity contribution in [2.45, 2.75) is 60.5 Å². The molecule has 0 aliphatic heterocycles. The molecular weight excluding hydrogens is 386 g/mol. The SMILES string of the molecule is C.C=C(CCC1CC1Cn1cnc2c(C)ncnc21)NCc1ccc(C)c(OCC)c1. The lowest BCUT2D eigenvalue weighted by molar-refractivity contribution is 0.337. The maximum Gasteiger partial charge on any atom is 0.163 e. The molecule has 31 heavy (non-hydrogen) atoms. The number of benzene rings is 1. The molecule has 4 rings (SSSR count). The number of imidazole rings is 1. The van der Waals surface area contributed by atoms with Crippen LogP contribution in [0.3, 0.4) is 0 Å². The van der Waals surface area contributed by atoms with Crippen molar-refractivity contribution in [2.75, 3.05) is 6.61 Å². The minimum atomic E-state index is 0. The molecule has 2 atom stereocenters. The Kier molecular flexibility index (Phi) is 7.31. The third kappa shape index (κ3) is 5.43. The van der Waals surface area contributed by atoms with Crippen LogP contribution >= 0.6 is 0 Å². The Balaban J connectivity index is 0.00000272. The fourth-order valence-electron chi connectivity index (χ4n) is 4.01. The zero-order valence-corrected chi connectivity index (χ0v) is 18.2. The molecule has 3 aromatic rings. The summed E-state index contributed by atoms with van der Waals surface area (Å²) in [5, 5.41) is 3.48. The van der Waals surface area contributed by atoms with E-state index in [-0.39, 0.29) is 7.43 Å². The van der Waals surface area contributed by atoms with Crippen molar-refractivity contribution in [1.82, 2.24) is 24.8 Å². The van der Waals surface area contributed by atoms with E-state index < -0.39 is 0 Å². The number of aromatic nitrogens is 4. The monoisotopic (exact) mass is 421 g/mol. The van der Waals surface area contributed by atoms with E-state index in [1.54, 1.807) is 6.33 Å². The number of nitrogens with one attached hydrogen (secondary N) is 1. The van der Waals surface area contributed by atoms with E-state index in [1.165, 1.54) is 24.0 Å². The molecule has 1 N–H and O–H groups in total. The largest absolute Gasteiger partial charge is 0.494 e. The van der Waals surface area contributed by atoms with Crippen molar-refractivity contribution in [3.05, 3.63) is 60.0 Å². The van der Waals surface area contributed by atoms with Crippen LogP contribution in [-0.4, -0.2) is 26.1 Å². The third-order valence-electron chi connectivity index (χ3n) is 6.00. The number of aryl methyl sites for hydroxylation is 2. The van der Waals surface area contributed by atoms with E-state index >= 15 is 0 Å². The third-order valence-corrected chi connectivity index (χ3v) is 6.00. The highest BCUT2D eigenvalue weighted by atomic mass is 16.5. The molecule has 0 spiro atoms. The maximum absolute atomic E-state index is 5.69. The van der Waals surface area contributed by atoms with Gasteiger partial charge in [-0.15, -0.1) is 0 Å². The first-order chi connectivity index (χ1) is 14.5. The first-order valence-electron chi connectivity index (χ1n) is 10.8. The van der Waals surface area contributed by atoms with E-state index in [0.717, 1.165) is 53.7 Å². The molecule has 0 bridgehead atoms. The van der Waals surface area contributed by atoms with Crippen molar-refractivity contribution in [1.29, 1.82) is 0 Å². The molecular formula is C25H35N5O. The predicted octanol–water partition coefficient (Wildman–Crippen LogP) is 5.20. The van der Waals surface area contributed by atoms with Crippen LogP contribution in [0.4, 0.5) is 0 Å². The highest BCUT2D eigenvalue weighted by Gasteiger charge is 2.36. The molecule has 0 saturated heterocycles. The van der Waals surface area contributed by atoms with Gasteiger partial charge < -0.3 is 14.6 Å². The summed E-state index contributed by atoms with van der Waals surface area (Å²) in [7, 11) is 0. The van der Waals surface area contributed by atoms with Gasteiger partial charge in [-0.25, -0.2) is 15.0 Å². The van der Waals surface area contributed by atoms with Crippen molar-refractivity contribution >= 4 is 11.2 Å². The lowest BCUT2D eigenvalue weighted by atomic mass is 10.1. The molecule has 2 aromatic heterocycles. The molecule has 2 unspecified atom stereocenters. The average Bonchev–Trinajstić information content (AvgIpc) is 3.35. The highest BCUT2D eigenvalue weighted by molar-refractivity contribution is 5.72. The summed E-state index contributed by atoms with van der Waals surface area (Å²) in [6.07, 6.45) is 6.99. The number of allylic oxidation sites excluding steroid dienone is 1. The number of hydrogen-bond donors (Lipinski definition) is 1. The Morgan fingerprint density at radius 3 is 2.87 bits per heavy atom. The smallest absolute Gasteiger partial charge is 0.163 e. The molecule has 1 aromatic carbocycles. The van der Waals surface area contributed by atoms with Gasteiger partial charge in [-0.05, 0) is 69.1 Å². The van der Waals surface area contributed by atoms with E-state index in [9.17, 15) is 0 Å². The maximum atomic E-state index is 5.69. The summed E-state index contributed by atoms with van der Waals surface area (Å²) < 4.78 is 7.87. The van der Waals surface area contributed by atoms with Gasteiger partial charge in [-0.1, -0.05) is 26.1 Å². The fraction of sp³-hybridized carbons (Fsp3) is 0.480. The van der Waals surface area contributed by atoms with Crippen LogP contribution in [0.1, 0.15) is 50.4 Å². The van der Waals surface area contributed by atoms with E-state index in [4.69, 9.17) is 4.74 Å². The summed E-state index contributed by atoms with van der Waals surface area (Å²) in [4.78, 5) is 13.1. The van der Waals surface area contributed by atoms with Crippen LogP contribution in [0.25, 0.3) is 11.2 Å². The van der Waals surface area contributed by atoms with Crippen molar-refractivity contribution in [3.8, 4) is 5.75 Å². The van der Waals surface area contributed by atoms with Crippen molar-refractivity contribution in [2.24, 2.45) is 11.8 Å². The summed E-state index contributed by atoms with van der Waals surface area (Å²) in [6, 6.07) is 6.39. The van der Waals surface area contributed by atoms with Gasteiger partial charge in [0.2, 0.25) is 0 Å². The standard InChI is InChI=1S/C24H31N5O.CH4/c1-5-30-22-10-19(8-6-16(22)2)12-25-17(3)7-9-20-11-21(20)13-29-15-28-23-18(4)26-14-27-24(23)29;/h6,8,10,14-15,20-21,25H,3,5,7,9,11-13H2,1-2,4H3;1H4. The quantitative estimate of drug-likeness (QED) is 0.487. The van der Waals surface area contributed by atoms with Gasteiger partial charge in [0.05, 0.1) is 18.6 Å². The van der Waals surface area contributed by atoms with Gasteiger partial charge >= 0.3 is 0 Å². The van der Waals surface area contributed by atoms with E-state index in [2.05, 4.69) is 56.5 Å². The number of rotatable bonds is 10. The van der Waals surface area contributed by atoms with Gasteiger partial charge in [0, 0.05) is 18.8 Å². The summed E-state index contributed by atoms with van der Waals surface area (Å²) in [5.74, 6) is 2.43. The average molecular weight is 422 g/mol. The molecule has 6 nitrogen and oxygen atoms in total. The van der Waals surface area contributed by atoms with Crippen LogP contribution in [0.5, 0.6) is 5.75 Å². The lowest BCUT2D eigenvalue weighted by Crippen LogP contribution is -2.12. The molecule has 2 heterocycles. The molecule has 1 aliphatic rings. The molecule has 1 fully saturated rings. The second-order valence-corrected chi connectivity index (χ2v) is 8.31. The van der Waals surface area contributed by atoms with Gasteiger partial charge in [0.25, 0.3) is 0 Å². The topological polar surface area (TPSA) is 64.9 Å². The minimum Gasteiger partial charge on any atom is -0.494 e. The lowest BCUT2D eigenvalue weighted by Gasteiger charge is -2.12. The molecule has 1 saturated carbocycles. The van der Waals surface area contributed by atoms with Crippen LogP contribution < -0.4 is 10.1 Å². The second kappa shape index (κ2) is 9.94. The number of fused-ring (bicyclic) bond motifs is 1. The predicted molar refractivity (Wildman–Crippen MR) is 126 cm³/mol. The van der Waals surface area contributed by atoms with Gasteiger partial charge in [-0.3, -0.25) is 0 Å². The normalized spacial score (nSPS) is 17.3. The Morgan fingerprint density at radius 1 is 1.23 bits per heavy atom. The van der Waals surface area contributed by atoms with Gasteiger partial charge in [0.15, 0.2) is 5.65 Å². The van der Waals surface area contributed by atoms with Crippen LogP contribution in [-0.2, 0) is 13.1 Å². The molecule has 1 aliphatic carbocycles. The molecule has 166 valence electrons. The van der Waals surface area contributed by atoms with E-state index in [0.29, 0.717) is 12.5 Å². The molecule has 0 amide bonds. The fourth-order valence-corrected chi connectivity index (χ4v) is 4.01. The first-order valence-corrected chi connectivity index (χ1v) is 10.8. The van der Waals surface area contributed by atoms with E-state index in [1.807, 2.05) is 20.2 Å². The summed E-state index contributed by atoms with van der Waals surface area (Å²) >= 11 is 0. The molecule has 0 radical (unpaired) electrons. The zero-order chi connectivity index (χ0) is 21.1. The van der Waals surface area contributed by atoms with Gasteiger partial charge in [-0.2, -0.15) is 0 Å². The first kappa shape index (κ1) is 22.8. The molecule has 6 heteroatoms. The number of ether oxygens (including phenoxy) is 1. The zero-order valence-electron chi connectivity index (χ0n) is 18.2.